The molecule has 2 N–H and O–H groups in total. The molecule has 0 unspecified atom stereocenters. The molecule has 3 nitrogen and oxygen atoms in total. The van der Waals surface area contributed by atoms with Crippen LogP contribution < -0.4 is 14.8 Å². The van der Waals surface area contributed by atoms with E-state index in [1.165, 1.54) is 5.56 Å². The summed E-state index contributed by atoms with van der Waals surface area (Å²) in [5, 5.41) is 1.91. The highest BCUT2D eigenvalue weighted by atomic mass is 16.5. The number of benzene rings is 1. The monoisotopic (exact) mass is 195 g/mol. The van der Waals surface area contributed by atoms with Gasteiger partial charge in [0.25, 0.3) is 0 Å². The first kappa shape index (κ1) is 10.9. The van der Waals surface area contributed by atoms with Crippen molar-refractivity contribution in [3.8, 4) is 11.5 Å². The summed E-state index contributed by atoms with van der Waals surface area (Å²) < 4.78 is 10.4. The first-order valence-electron chi connectivity index (χ1n) is 4.63. The van der Waals surface area contributed by atoms with Crippen LogP contribution in [-0.4, -0.2) is 20.8 Å². The Labute approximate surface area is 85.0 Å². The van der Waals surface area contributed by atoms with E-state index in [9.17, 15) is 0 Å². The van der Waals surface area contributed by atoms with Crippen LogP contribution >= 0.6 is 0 Å². The fourth-order valence-electron chi connectivity index (χ4n) is 1.30. The van der Waals surface area contributed by atoms with Crippen LogP contribution in [-0.2, 0) is 6.42 Å². The smallest absolute Gasteiger partial charge is 0.160 e. The third-order valence-corrected chi connectivity index (χ3v) is 2.09. The van der Waals surface area contributed by atoms with Gasteiger partial charge in [-0.2, -0.15) is 7.05 Å². The van der Waals surface area contributed by atoms with Crippen molar-refractivity contribution < 1.29 is 14.8 Å². The van der Waals surface area contributed by atoms with E-state index in [4.69, 9.17) is 9.47 Å². The molecular formula is C11H17NO2. The zero-order valence-electron chi connectivity index (χ0n) is 8.75. The number of rotatable bonds is 5. The molecule has 1 aromatic rings. The fraction of sp³-hybridized carbons (Fsp3) is 0.364. The average molecular weight is 195 g/mol. The SMILES string of the molecule is [CH2-][NH2+]CCc1ccc(OC)c(OC)c1. The lowest BCUT2D eigenvalue weighted by Crippen LogP contribution is -2.77. The topological polar surface area (TPSA) is 35.1 Å². The molecular weight excluding hydrogens is 178 g/mol. The molecule has 0 spiro atoms. The molecule has 14 heavy (non-hydrogen) atoms. The largest absolute Gasteiger partial charge is 0.493 e. The molecule has 0 heterocycles. The summed E-state index contributed by atoms with van der Waals surface area (Å²) in [4.78, 5) is 0. The molecule has 0 bridgehead atoms. The maximum Gasteiger partial charge on any atom is 0.160 e. The van der Waals surface area contributed by atoms with E-state index in [0.29, 0.717) is 0 Å². The van der Waals surface area contributed by atoms with Crippen molar-refractivity contribution in [2.75, 3.05) is 20.8 Å². The van der Waals surface area contributed by atoms with Gasteiger partial charge in [-0.25, -0.2) is 0 Å². The Hall–Kier alpha value is -1.22. The Morgan fingerprint density at radius 2 is 1.93 bits per heavy atom. The molecule has 1 aromatic carbocycles. The van der Waals surface area contributed by atoms with E-state index < -0.39 is 0 Å². The van der Waals surface area contributed by atoms with Gasteiger partial charge in [0.05, 0.1) is 20.8 Å². The number of hydrogen-bond acceptors (Lipinski definition) is 2. The van der Waals surface area contributed by atoms with Gasteiger partial charge in [0.15, 0.2) is 11.5 Å². The lowest BCUT2D eigenvalue weighted by molar-refractivity contribution is -0.594. The van der Waals surface area contributed by atoms with Gasteiger partial charge in [-0.15, -0.1) is 0 Å². The van der Waals surface area contributed by atoms with Crippen LogP contribution in [0, 0.1) is 7.05 Å². The van der Waals surface area contributed by atoms with E-state index in [0.717, 1.165) is 24.5 Å². The van der Waals surface area contributed by atoms with Crippen LogP contribution in [0.3, 0.4) is 0 Å². The molecule has 0 amide bonds. The van der Waals surface area contributed by atoms with Crippen LogP contribution in [0.25, 0.3) is 0 Å². The Balaban J connectivity index is 2.79. The number of hydrogen-bond donors (Lipinski definition) is 1. The Bertz CT molecular complexity index is 287. The van der Waals surface area contributed by atoms with E-state index in [1.54, 1.807) is 14.2 Å². The summed E-state index contributed by atoms with van der Waals surface area (Å²) in [6, 6.07) is 5.98. The quantitative estimate of drug-likeness (QED) is 0.698. The molecule has 0 saturated heterocycles. The zero-order chi connectivity index (χ0) is 10.4. The molecule has 0 saturated carbocycles. The molecule has 0 aliphatic carbocycles. The molecule has 0 radical (unpaired) electrons. The van der Waals surface area contributed by atoms with Gasteiger partial charge in [-0.3, -0.25) is 0 Å². The van der Waals surface area contributed by atoms with Crippen molar-refractivity contribution in [3.05, 3.63) is 30.8 Å². The molecule has 78 valence electrons. The molecule has 0 atom stereocenters. The van der Waals surface area contributed by atoms with Gasteiger partial charge in [-0.05, 0) is 17.7 Å². The molecule has 0 fully saturated rings. The van der Waals surface area contributed by atoms with E-state index in [2.05, 4.69) is 7.05 Å². The predicted octanol–water partition coefficient (Wildman–Crippen LogP) is 0.601. The molecule has 0 aliphatic heterocycles. The van der Waals surface area contributed by atoms with E-state index in [-0.39, 0.29) is 0 Å². The highest BCUT2D eigenvalue weighted by Gasteiger charge is 2.03. The van der Waals surface area contributed by atoms with E-state index in [1.807, 2.05) is 23.5 Å². The first-order valence-corrected chi connectivity index (χ1v) is 4.63. The molecule has 1 rings (SSSR count). The van der Waals surface area contributed by atoms with Gasteiger partial charge < -0.3 is 14.8 Å². The number of quaternary nitrogens is 1. The van der Waals surface area contributed by atoms with Gasteiger partial charge in [-0.1, -0.05) is 6.07 Å². The molecule has 0 aromatic heterocycles. The number of ether oxygens (including phenoxy) is 2. The van der Waals surface area contributed by atoms with Crippen molar-refractivity contribution in [1.29, 1.82) is 0 Å². The van der Waals surface area contributed by atoms with Crippen molar-refractivity contribution >= 4 is 0 Å². The van der Waals surface area contributed by atoms with Crippen LogP contribution in [0.4, 0.5) is 0 Å². The first-order chi connectivity index (χ1) is 6.81. The van der Waals surface area contributed by atoms with Gasteiger partial charge in [0, 0.05) is 6.42 Å². The summed E-state index contributed by atoms with van der Waals surface area (Å²) in [5.74, 6) is 1.56. The van der Waals surface area contributed by atoms with Crippen molar-refractivity contribution in [1.82, 2.24) is 0 Å². The average Bonchev–Trinajstić information content (AvgIpc) is 2.25. The summed E-state index contributed by atoms with van der Waals surface area (Å²) in [7, 11) is 6.98. The third kappa shape index (κ3) is 2.64. The van der Waals surface area contributed by atoms with Crippen molar-refractivity contribution in [2.24, 2.45) is 0 Å². The minimum Gasteiger partial charge on any atom is -0.493 e. The number of methoxy groups -OCH3 is 2. The predicted molar refractivity (Wildman–Crippen MR) is 55.4 cm³/mol. The summed E-state index contributed by atoms with van der Waals surface area (Å²) >= 11 is 0. The summed E-state index contributed by atoms with van der Waals surface area (Å²) in [5.41, 5.74) is 1.24. The van der Waals surface area contributed by atoms with Crippen LogP contribution in [0.2, 0.25) is 0 Å². The highest BCUT2D eigenvalue weighted by Crippen LogP contribution is 2.27. The summed E-state index contributed by atoms with van der Waals surface area (Å²) in [6.07, 6.45) is 0.990. The minimum atomic E-state index is 0.773. The Morgan fingerprint density at radius 3 is 2.50 bits per heavy atom. The Morgan fingerprint density at radius 1 is 1.21 bits per heavy atom. The van der Waals surface area contributed by atoms with E-state index >= 15 is 0 Å². The van der Waals surface area contributed by atoms with Crippen LogP contribution in [0.5, 0.6) is 11.5 Å². The minimum absolute atomic E-state index is 0.773. The standard InChI is InChI=1S/C11H17NO2/c1-12-7-6-9-4-5-10(13-2)11(8-9)14-3/h4-5,8H,1,6-7,12H2,2-3H3. The second-order valence-electron chi connectivity index (χ2n) is 3.02. The second-order valence-corrected chi connectivity index (χ2v) is 3.02. The van der Waals surface area contributed by atoms with Gasteiger partial charge in [0.1, 0.15) is 0 Å². The third-order valence-electron chi connectivity index (χ3n) is 2.09. The maximum atomic E-state index is 5.21. The number of nitrogens with two attached hydrogens (primary N) is 1. The van der Waals surface area contributed by atoms with Crippen molar-refractivity contribution in [2.45, 2.75) is 6.42 Å². The zero-order valence-corrected chi connectivity index (χ0v) is 8.75. The van der Waals surface area contributed by atoms with Crippen LogP contribution in [0.15, 0.2) is 18.2 Å². The maximum absolute atomic E-state index is 5.21. The lowest BCUT2D eigenvalue weighted by atomic mass is 10.1. The Kier molecular flexibility index (Phi) is 4.26. The van der Waals surface area contributed by atoms with Crippen LogP contribution in [0.1, 0.15) is 5.56 Å². The normalized spacial score (nSPS) is 9.93. The van der Waals surface area contributed by atoms with Crippen molar-refractivity contribution in [3.63, 3.8) is 0 Å². The fourth-order valence-corrected chi connectivity index (χ4v) is 1.30. The highest BCUT2D eigenvalue weighted by molar-refractivity contribution is 5.42. The summed E-state index contributed by atoms with van der Waals surface area (Å²) in [6.45, 7) is 0.982. The van der Waals surface area contributed by atoms with Gasteiger partial charge in [0.2, 0.25) is 0 Å². The van der Waals surface area contributed by atoms with Gasteiger partial charge >= 0.3 is 0 Å². The molecule has 3 heteroatoms. The molecule has 0 aliphatic rings. The second kappa shape index (κ2) is 5.50. The lowest BCUT2D eigenvalue weighted by Gasteiger charge is -2.09.